The van der Waals surface area contributed by atoms with E-state index in [1.165, 1.54) is 16.7 Å². The smallest absolute Gasteiger partial charge is 0.186 e. The molecule has 0 amide bonds. The zero-order valence-corrected chi connectivity index (χ0v) is 13.0. The van der Waals surface area contributed by atoms with Gasteiger partial charge in [0.05, 0.1) is 25.9 Å². The molecular formula is C17H24O4. The zero-order chi connectivity index (χ0) is 14.8. The third kappa shape index (κ3) is 2.99. The molecule has 0 aliphatic carbocycles. The van der Waals surface area contributed by atoms with Gasteiger partial charge in [-0.1, -0.05) is 25.1 Å². The van der Waals surface area contributed by atoms with Crippen molar-refractivity contribution in [3.05, 3.63) is 34.9 Å². The molecular weight excluding hydrogens is 268 g/mol. The van der Waals surface area contributed by atoms with E-state index in [4.69, 9.17) is 18.9 Å². The second kappa shape index (κ2) is 6.44. The zero-order valence-electron chi connectivity index (χ0n) is 13.0. The van der Waals surface area contributed by atoms with Gasteiger partial charge in [-0.15, -0.1) is 0 Å². The first-order valence-electron chi connectivity index (χ1n) is 7.76. The minimum atomic E-state index is -0.272. The molecule has 2 aliphatic rings. The minimum Gasteiger partial charge on any atom is -0.368 e. The lowest BCUT2D eigenvalue weighted by Crippen LogP contribution is -2.42. The molecule has 4 nitrogen and oxygen atoms in total. The highest BCUT2D eigenvalue weighted by atomic mass is 16.7. The van der Waals surface area contributed by atoms with E-state index in [2.05, 4.69) is 39.0 Å². The monoisotopic (exact) mass is 292 g/mol. The Morgan fingerprint density at radius 3 is 2.57 bits per heavy atom. The highest BCUT2D eigenvalue weighted by Crippen LogP contribution is 2.32. The van der Waals surface area contributed by atoms with Gasteiger partial charge in [-0.3, -0.25) is 0 Å². The summed E-state index contributed by atoms with van der Waals surface area (Å²) in [6.45, 7) is 8.16. The molecule has 3 rings (SSSR count). The molecule has 0 radical (unpaired) electrons. The van der Waals surface area contributed by atoms with E-state index in [0.717, 1.165) is 6.42 Å². The molecule has 4 heteroatoms. The van der Waals surface area contributed by atoms with Crippen LogP contribution in [-0.4, -0.2) is 37.8 Å². The van der Waals surface area contributed by atoms with Crippen molar-refractivity contribution in [2.75, 3.05) is 13.2 Å². The van der Waals surface area contributed by atoms with Gasteiger partial charge in [0.25, 0.3) is 0 Å². The summed E-state index contributed by atoms with van der Waals surface area (Å²) < 4.78 is 23.6. The molecule has 1 aromatic carbocycles. The topological polar surface area (TPSA) is 36.9 Å². The molecule has 116 valence electrons. The van der Waals surface area contributed by atoms with Crippen LogP contribution in [0.1, 0.15) is 30.0 Å². The summed E-state index contributed by atoms with van der Waals surface area (Å²) in [6, 6.07) is 6.32. The largest absolute Gasteiger partial charge is 0.368 e. The van der Waals surface area contributed by atoms with Crippen molar-refractivity contribution in [3.8, 4) is 0 Å². The molecule has 4 atom stereocenters. The quantitative estimate of drug-likeness (QED) is 0.855. The maximum absolute atomic E-state index is 6.19. The fourth-order valence-corrected chi connectivity index (χ4v) is 3.14. The van der Waals surface area contributed by atoms with E-state index < -0.39 is 0 Å². The highest BCUT2D eigenvalue weighted by molar-refractivity contribution is 5.32. The van der Waals surface area contributed by atoms with Gasteiger partial charge in [-0.2, -0.15) is 0 Å². The van der Waals surface area contributed by atoms with Gasteiger partial charge < -0.3 is 18.9 Å². The number of aryl methyl sites for hydroxylation is 2. The molecule has 0 aromatic heterocycles. The summed E-state index contributed by atoms with van der Waals surface area (Å²) in [7, 11) is 0. The first kappa shape index (κ1) is 15.0. The molecule has 0 saturated carbocycles. The highest BCUT2D eigenvalue weighted by Gasteiger charge is 2.47. The fourth-order valence-electron chi connectivity index (χ4n) is 3.14. The Labute approximate surface area is 126 Å². The standard InChI is InChI=1S/C17H24O4/c1-4-14-15(16-17(21-14)19-9-8-18-16)20-10-13-11(2)6-5-7-12(13)3/h5-7,14-17H,4,8-10H2,1-3H3/t14-,15+,16-,17+/m1/s1. The van der Waals surface area contributed by atoms with Crippen molar-refractivity contribution in [2.24, 2.45) is 0 Å². The van der Waals surface area contributed by atoms with E-state index in [0.29, 0.717) is 19.8 Å². The number of rotatable bonds is 4. The summed E-state index contributed by atoms with van der Waals surface area (Å²) in [5.74, 6) is 0. The number of benzene rings is 1. The number of hydrogen-bond acceptors (Lipinski definition) is 4. The molecule has 0 N–H and O–H groups in total. The Balaban J connectivity index is 1.70. The normalized spacial score (nSPS) is 32.1. The van der Waals surface area contributed by atoms with Crippen LogP contribution >= 0.6 is 0 Å². The molecule has 1 aromatic rings. The second-order valence-corrected chi connectivity index (χ2v) is 5.80. The number of fused-ring (bicyclic) bond motifs is 1. The number of ether oxygens (including phenoxy) is 4. The number of hydrogen-bond donors (Lipinski definition) is 0. The molecule has 2 fully saturated rings. The van der Waals surface area contributed by atoms with Gasteiger partial charge in [-0.05, 0) is 37.0 Å². The molecule has 2 heterocycles. The van der Waals surface area contributed by atoms with Gasteiger partial charge in [0.15, 0.2) is 6.29 Å². The lowest BCUT2D eigenvalue weighted by atomic mass is 10.0. The maximum atomic E-state index is 6.19. The third-order valence-electron chi connectivity index (χ3n) is 4.41. The van der Waals surface area contributed by atoms with Gasteiger partial charge in [0.1, 0.15) is 12.2 Å². The van der Waals surface area contributed by atoms with Crippen molar-refractivity contribution >= 4 is 0 Å². The predicted octanol–water partition coefficient (Wildman–Crippen LogP) is 2.74. The lowest BCUT2D eigenvalue weighted by molar-refractivity contribution is -0.222. The summed E-state index contributed by atoms with van der Waals surface area (Å²) in [6.07, 6.45) is 0.512. The van der Waals surface area contributed by atoms with Gasteiger partial charge in [0.2, 0.25) is 0 Å². The molecule has 21 heavy (non-hydrogen) atoms. The third-order valence-corrected chi connectivity index (χ3v) is 4.41. The van der Waals surface area contributed by atoms with Gasteiger partial charge >= 0.3 is 0 Å². The van der Waals surface area contributed by atoms with Crippen molar-refractivity contribution in [1.82, 2.24) is 0 Å². The van der Waals surface area contributed by atoms with Crippen molar-refractivity contribution < 1.29 is 18.9 Å². The second-order valence-electron chi connectivity index (χ2n) is 5.80. The van der Waals surface area contributed by atoms with Gasteiger partial charge in [-0.25, -0.2) is 0 Å². The van der Waals surface area contributed by atoms with Crippen LogP contribution in [0.3, 0.4) is 0 Å². The Bertz CT molecular complexity index is 467. The first-order valence-corrected chi connectivity index (χ1v) is 7.76. The molecule has 0 spiro atoms. The maximum Gasteiger partial charge on any atom is 0.186 e. The van der Waals surface area contributed by atoms with Crippen LogP contribution in [0.5, 0.6) is 0 Å². The minimum absolute atomic E-state index is 0.0439. The van der Waals surface area contributed by atoms with Crippen LogP contribution in [0.4, 0.5) is 0 Å². The lowest BCUT2D eigenvalue weighted by Gasteiger charge is -2.28. The Morgan fingerprint density at radius 2 is 1.86 bits per heavy atom. The summed E-state index contributed by atoms with van der Waals surface area (Å²) in [5, 5.41) is 0. The van der Waals surface area contributed by atoms with Crippen LogP contribution in [0, 0.1) is 13.8 Å². The van der Waals surface area contributed by atoms with E-state index >= 15 is 0 Å². The molecule has 2 saturated heterocycles. The summed E-state index contributed by atoms with van der Waals surface area (Å²) in [4.78, 5) is 0. The van der Waals surface area contributed by atoms with Crippen LogP contribution in [-0.2, 0) is 25.6 Å². The Hall–Kier alpha value is -0.940. The molecule has 2 aliphatic heterocycles. The molecule has 0 bridgehead atoms. The van der Waals surface area contributed by atoms with E-state index in [-0.39, 0.29) is 24.6 Å². The summed E-state index contributed by atoms with van der Waals surface area (Å²) in [5.41, 5.74) is 3.78. The van der Waals surface area contributed by atoms with Crippen LogP contribution in [0.2, 0.25) is 0 Å². The van der Waals surface area contributed by atoms with E-state index in [9.17, 15) is 0 Å². The first-order chi connectivity index (χ1) is 10.2. The van der Waals surface area contributed by atoms with Crippen LogP contribution in [0.25, 0.3) is 0 Å². The summed E-state index contributed by atoms with van der Waals surface area (Å²) >= 11 is 0. The Morgan fingerprint density at radius 1 is 1.14 bits per heavy atom. The average molecular weight is 292 g/mol. The van der Waals surface area contributed by atoms with Gasteiger partial charge in [0, 0.05) is 0 Å². The SMILES string of the molecule is CC[C@H]1O[C@@H]2OCCO[C@@H]2[C@H]1OCc1c(C)cccc1C. The van der Waals surface area contributed by atoms with Crippen molar-refractivity contribution in [3.63, 3.8) is 0 Å². The molecule has 0 unspecified atom stereocenters. The predicted molar refractivity (Wildman–Crippen MR) is 79.1 cm³/mol. The van der Waals surface area contributed by atoms with Crippen LogP contribution < -0.4 is 0 Å². The Kier molecular flexibility index (Phi) is 4.60. The van der Waals surface area contributed by atoms with Crippen LogP contribution in [0.15, 0.2) is 18.2 Å². The van der Waals surface area contributed by atoms with E-state index in [1.54, 1.807) is 0 Å². The van der Waals surface area contributed by atoms with Crippen molar-refractivity contribution in [2.45, 2.75) is 58.4 Å². The van der Waals surface area contributed by atoms with Crippen molar-refractivity contribution in [1.29, 1.82) is 0 Å². The average Bonchev–Trinajstić information content (AvgIpc) is 2.85. The fraction of sp³-hybridized carbons (Fsp3) is 0.647. The van der Waals surface area contributed by atoms with E-state index in [1.807, 2.05) is 0 Å².